The van der Waals surface area contributed by atoms with E-state index >= 15 is 0 Å². The van der Waals surface area contributed by atoms with Crippen molar-refractivity contribution in [1.29, 1.82) is 0 Å². The van der Waals surface area contributed by atoms with Gasteiger partial charge in [-0.3, -0.25) is 4.79 Å². The molecule has 0 aliphatic carbocycles. The van der Waals surface area contributed by atoms with Crippen molar-refractivity contribution in [3.8, 4) is 5.75 Å². The maximum atomic E-state index is 12.2. The number of anilines is 1. The third kappa shape index (κ3) is 4.49. The molecule has 2 N–H and O–H groups in total. The quantitative estimate of drug-likeness (QED) is 0.721. The zero-order chi connectivity index (χ0) is 15.8. The summed E-state index contributed by atoms with van der Waals surface area (Å²) in [6, 6.07) is 4.30. The first-order chi connectivity index (χ1) is 10.0. The summed E-state index contributed by atoms with van der Waals surface area (Å²) in [5.74, 6) is -1.19. The standard InChI is InChI=1S/C16H19NO4/c1-4-6-11(7-5-2)15(18)17-13-9-8-12(16(19)20)10-14(13)21-3/h4-5,8-11H,1-2,6-7H2,3H3,(H,17,18)(H,19,20). The summed E-state index contributed by atoms with van der Waals surface area (Å²) >= 11 is 0. The van der Waals surface area contributed by atoms with Crippen molar-refractivity contribution in [2.75, 3.05) is 12.4 Å². The number of carbonyl (C=O) groups is 2. The Morgan fingerprint density at radius 2 is 1.95 bits per heavy atom. The highest BCUT2D eigenvalue weighted by molar-refractivity contribution is 5.95. The van der Waals surface area contributed by atoms with Gasteiger partial charge in [0.2, 0.25) is 5.91 Å². The minimum atomic E-state index is -1.05. The van der Waals surface area contributed by atoms with Crippen LogP contribution in [-0.4, -0.2) is 24.1 Å². The highest BCUT2D eigenvalue weighted by Crippen LogP contribution is 2.26. The summed E-state index contributed by atoms with van der Waals surface area (Å²) in [4.78, 5) is 23.1. The van der Waals surface area contributed by atoms with Gasteiger partial charge in [0.15, 0.2) is 0 Å². The molecule has 21 heavy (non-hydrogen) atoms. The van der Waals surface area contributed by atoms with E-state index < -0.39 is 5.97 Å². The monoisotopic (exact) mass is 289 g/mol. The van der Waals surface area contributed by atoms with Crippen LogP contribution in [0.3, 0.4) is 0 Å². The molecule has 0 heterocycles. The maximum Gasteiger partial charge on any atom is 0.335 e. The van der Waals surface area contributed by atoms with Crippen LogP contribution >= 0.6 is 0 Å². The molecule has 1 aromatic rings. The van der Waals surface area contributed by atoms with E-state index in [0.29, 0.717) is 24.3 Å². The number of hydrogen-bond acceptors (Lipinski definition) is 3. The second-order valence-corrected chi connectivity index (χ2v) is 4.46. The number of aromatic carboxylic acids is 1. The molecule has 5 nitrogen and oxygen atoms in total. The molecule has 0 bridgehead atoms. The number of allylic oxidation sites excluding steroid dienone is 2. The van der Waals surface area contributed by atoms with E-state index in [0.717, 1.165) is 0 Å². The lowest BCUT2D eigenvalue weighted by Gasteiger charge is -2.15. The van der Waals surface area contributed by atoms with Gasteiger partial charge in [-0.05, 0) is 31.0 Å². The number of ether oxygens (including phenoxy) is 1. The van der Waals surface area contributed by atoms with Gasteiger partial charge in [0, 0.05) is 5.92 Å². The number of benzene rings is 1. The molecule has 0 aliphatic rings. The van der Waals surface area contributed by atoms with Crippen molar-refractivity contribution < 1.29 is 19.4 Å². The Kier molecular flexibility index (Phi) is 6.20. The van der Waals surface area contributed by atoms with Crippen molar-refractivity contribution in [2.45, 2.75) is 12.8 Å². The molecule has 1 rings (SSSR count). The lowest BCUT2D eigenvalue weighted by atomic mass is 10.0. The number of carbonyl (C=O) groups excluding carboxylic acids is 1. The van der Waals surface area contributed by atoms with Gasteiger partial charge < -0.3 is 15.2 Å². The SMILES string of the molecule is C=CCC(CC=C)C(=O)Nc1ccc(C(=O)O)cc1OC. The van der Waals surface area contributed by atoms with Crippen molar-refractivity contribution in [2.24, 2.45) is 5.92 Å². The summed E-state index contributed by atoms with van der Waals surface area (Å²) < 4.78 is 5.12. The molecule has 0 fully saturated rings. The Labute approximate surface area is 123 Å². The van der Waals surface area contributed by atoms with E-state index in [1.807, 2.05) is 0 Å². The normalized spacial score (nSPS) is 10.0. The zero-order valence-electron chi connectivity index (χ0n) is 12.0. The van der Waals surface area contributed by atoms with Crippen LogP contribution in [0.5, 0.6) is 5.75 Å². The minimum absolute atomic E-state index is 0.0959. The smallest absolute Gasteiger partial charge is 0.335 e. The number of carboxylic acid groups (broad SMARTS) is 1. The fraction of sp³-hybridized carbons (Fsp3) is 0.250. The highest BCUT2D eigenvalue weighted by Gasteiger charge is 2.18. The number of amides is 1. The lowest BCUT2D eigenvalue weighted by Crippen LogP contribution is -2.22. The molecular formula is C16H19NO4. The summed E-state index contributed by atoms with van der Waals surface area (Å²) in [7, 11) is 1.42. The van der Waals surface area contributed by atoms with Gasteiger partial charge in [-0.2, -0.15) is 0 Å². The van der Waals surface area contributed by atoms with Crippen LogP contribution in [0.2, 0.25) is 0 Å². The van der Waals surface area contributed by atoms with Crippen molar-refractivity contribution in [3.05, 3.63) is 49.1 Å². The first kappa shape index (κ1) is 16.5. The Morgan fingerprint density at radius 3 is 2.43 bits per heavy atom. The molecule has 0 aromatic heterocycles. The van der Waals surface area contributed by atoms with Gasteiger partial charge in [0.05, 0.1) is 18.4 Å². The molecule has 0 unspecified atom stereocenters. The third-order valence-corrected chi connectivity index (χ3v) is 2.98. The number of rotatable bonds is 8. The fourth-order valence-corrected chi connectivity index (χ4v) is 1.87. The largest absolute Gasteiger partial charge is 0.495 e. The first-order valence-electron chi connectivity index (χ1n) is 6.47. The molecule has 0 atom stereocenters. The first-order valence-corrected chi connectivity index (χ1v) is 6.47. The highest BCUT2D eigenvalue weighted by atomic mass is 16.5. The average molecular weight is 289 g/mol. The Morgan fingerprint density at radius 1 is 1.33 bits per heavy atom. The molecule has 0 aliphatic heterocycles. The van der Waals surface area contributed by atoms with Gasteiger partial charge in [0.25, 0.3) is 0 Å². The summed E-state index contributed by atoms with van der Waals surface area (Å²) in [5, 5.41) is 11.7. The minimum Gasteiger partial charge on any atom is -0.495 e. The van der Waals surface area contributed by atoms with E-state index in [4.69, 9.17) is 9.84 Å². The lowest BCUT2D eigenvalue weighted by molar-refractivity contribution is -0.119. The van der Waals surface area contributed by atoms with Crippen molar-refractivity contribution in [1.82, 2.24) is 0 Å². The van der Waals surface area contributed by atoms with Crippen LogP contribution in [0.25, 0.3) is 0 Å². The molecule has 0 saturated carbocycles. The Balaban J connectivity index is 2.95. The average Bonchev–Trinajstić information content (AvgIpc) is 2.47. The van der Waals surface area contributed by atoms with E-state index in [9.17, 15) is 9.59 Å². The number of carboxylic acids is 1. The van der Waals surface area contributed by atoms with Crippen LogP contribution in [0.1, 0.15) is 23.2 Å². The summed E-state index contributed by atoms with van der Waals surface area (Å²) in [5.41, 5.74) is 0.532. The van der Waals surface area contributed by atoms with Crippen LogP contribution in [0.4, 0.5) is 5.69 Å². The number of hydrogen-bond donors (Lipinski definition) is 2. The Bertz CT molecular complexity index is 541. The third-order valence-electron chi connectivity index (χ3n) is 2.98. The second kappa shape index (κ2) is 7.89. The van der Waals surface area contributed by atoms with Crippen molar-refractivity contribution >= 4 is 17.6 Å². The number of nitrogens with one attached hydrogen (secondary N) is 1. The van der Waals surface area contributed by atoms with Crippen LogP contribution in [0, 0.1) is 5.92 Å². The van der Waals surface area contributed by atoms with E-state index in [1.165, 1.54) is 25.3 Å². The maximum absolute atomic E-state index is 12.2. The van der Waals surface area contributed by atoms with Gasteiger partial charge in [-0.15, -0.1) is 13.2 Å². The molecule has 0 radical (unpaired) electrons. The van der Waals surface area contributed by atoms with Gasteiger partial charge in [0.1, 0.15) is 5.75 Å². The zero-order valence-corrected chi connectivity index (χ0v) is 12.0. The molecular weight excluding hydrogens is 270 g/mol. The van der Waals surface area contributed by atoms with Crippen LogP contribution < -0.4 is 10.1 Å². The molecule has 0 spiro atoms. The molecule has 112 valence electrons. The van der Waals surface area contributed by atoms with Crippen LogP contribution in [0.15, 0.2) is 43.5 Å². The van der Waals surface area contributed by atoms with Gasteiger partial charge in [-0.25, -0.2) is 4.79 Å². The molecule has 0 saturated heterocycles. The molecule has 1 aromatic carbocycles. The fourth-order valence-electron chi connectivity index (χ4n) is 1.87. The van der Waals surface area contributed by atoms with E-state index in [1.54, 1.807) is 12.2 Å². The van der Waals surface area contributed by atoms with E-state index in [2.05, 4.69) is 18.5 Å². The Hall–Kier alpha value is -2.56. The number of methoxy groups -OCH3 is 1. The topological polar surface area (TPSA) is 75.6 Å². The van der Waals surface area contributed by atoms with Gasteiger partial charge >= 0.3 is 5.97 Å². The predicted molar refractivity (Wildman–Crippen MR) is 81.7 cm³/mol. The summed E-state index contributed by atoms with van der Waals surface area (Å²) in [6.45, 7) is 7.27. The van der Waals surface area contributed by atoms with Gasteiger partial charge in [-0.1, -0.05) is 12.2 Å². The second-order valence-electron chi connectivity index (χ2n) is 4.46. The summed E-state index contributed by atoms with van der Waals surface area (Å²) in [6.07, 6.45) is 4.43. The van der Waals surface area contributed by atoms with Crippen molar-refractivity contribution in [3.63, 3.8) is 0 Å². The molecule has 1 amide bonds. The van der Waals surface area contributed by atoms with Crippen LogP contribution in [-0.2, 0) is 4.79 Å². The van der Waals surface area contributed by atoms with E-state index in [-0.39, 0.29) is 17.4 Å². The molecule has 5 heteroatoms. The predicted octanol–water partition coefficient (Wildman–Crippen LogP) is 3.10.